The molecular formula is C17H29N3S. The zero-order valence-corrected chi connectivity index (χ0v) is 14.2. The molecule has 2 saturated heterocycles. The topological polar surface area (TPSA) is 32.5 Å². The number of nitrogens with two attached hydrogens (primary N) is 1. The molecule has 0 amide bonds. The van der Waals surface area contributed by atoms with Gasteiger partial charge in [0.25, 0.3) is 0 Å². The van der Waals surface area contributed by atoms with Crippen LogP contribution in [0.1, 0.15) is 48.4 Å². The van der Waals surface area contributed by atoms with E-state index in [1.807, 2.05) is 11.3 Å². The second-order valence-electron chi connectivity index (χ2n) is 6.65. The monoisotopic (exact) mass is 307 g/mol. The van der Waals surface area contributed by atoms with Crippen LogP contribution in [0.25, 0.3) is 0 Å². The minimum Gasteiger partial charge on any atom is -0.326 e. The maximum absolute atomic E-state index is 6.49. The predicted octanol–water partition coefficient (Wildman–Crippen LogP) is 3.01. The van der Waals surface area contributed by atoms with Gasteiger partial charge < -0.3 is 5.73 Å². The summed E-state index contributed by atoms with van der Waals surface area (Å²) in [6.07, 6.45) is 5.14. The second kappa shape index (κ2) is 6.78. The summed E-state index contributed by atoms with van der Waals surface area (Å²) in [6, 6.07) is 5.97. The number of hydrogen-bond donors (Lipinski definition) is 1. The average molecular weight is 308 g/mol. The van der Waals surface area contributed by atoms with Crippen LogP contribution >= 0.6 is 11.3 Å². The van der Waals surface area contributed by atoms with E-state index in [-0.39, 0.29) is 6.04 Å². The number of thiophene rings is 1. The van der Waals surface area contributed by atoms with Crippen LogP contribution in [0.3, 0.4) is 0 Å². The van der Waals surface area contributed by atoms with Gasteiger partial charge in [-0.2, -0.15) is 0 Å². The summed E-state index contributed by atoms with van der Waals surface area (Å²) < 4.78 is 0. The minimum absolute atomic E-state index is 0.250. The highest BCUT2D eigenvalue weighted by molar-refractivity contribution is 7.12. The summed E-state index contributed by atoms with van der Waals surface area (Å²) in [4.78, 5) is 8.22. The van der Waals surface area contributed by atoms with Crippen molar-refractivity contribution in [3.63, 3.8) is 0 Å². The molecule has 0 radical (unpaired) electrons. The van der Waals surface area contributed by atoms with Crippen LogP contribution in [0.5, 0.6) is 0 Å². The Bertz CT molecular complexity index is 453. The van der Waals surface area contributed by atoms with Crippen LogP contribution in [0.15, 0.2) is 12.1 Å². The molecule has 2 aliphatic rings. The highest BCUT2D eigenvalue weighted by Crippen LogP contribution is 2.34. The summed E-state index contributed by atoms with van der Waals surface area (Å²) >= 11 is 1.92. The summed E-state index contributed by atoms with van der Waals surface area (Å²) in [5.74, 6) is 0. The molecule has 0 saturated carbocycles. The third-order valence-electron chi connectivity index (χ3n) is 5.17. The zero-order chi connectivity index (χ0) is 14.8. The number of likely N-dealkylation sites (tertiary alicyclic amines) is 2. The molecule has 0 aromatic carbocycles. The molecular weight excluding hydrogens is 278 g/mol. The van der Waals surface area contributed by atoms with Gasteiger partial charge >= 0.3 is 0 Å². The molecule has 1 aromatic heterocycles. The highest BCUT2D eigenvalue weighted by Gasteiger charge is 2.35. The number of hydrogen-bond acceptors (Lipinski definition) is 4. The molecule has 0 spiro atoms. The van der Waals surface area contributed by atoms with Crippen molar-refractivity contribution < 1.29 is 0 Å². The summed E-state index contributed by atoms with van der Waals surface area (Å²) in [7, 11) is 0. The van der Waals surface area contributed by atoms with Crippen LogP contribution < -0.4 is 5.73 Å². The smallest absolute Gasteiger partial charge is 0.0594 e. The van der Waals surface area contributed by atoms with Crippen LogP contribution in [-0.2, 0) is 0 Å². The first kappa shape index (κ1) is 15.5. The lowest BCUT2D eigenvalue weighted by Crippen LogP contribution is -2.41. The summed E-state index contributed by atoms with van der Waals surface area (Å²) in [5, 5.41) is 0. The quantitative estimate of drug-likeness (QED) is 0.907. The molecule has 21 heavy (non-hydrogen) atoms. The summed E-state index contributed by atoms with van der Waals surface area (Å²) in [5.41, 5.74) is 6.49. The predicted molar refractivity (Wildman–Crippen MR) is 90.8 cm³/mol. The Kier molecular flexibility index (Phi) is 4.99. The molecule has 2 N–H and O–H groups in total. The molecule has 3 nitrogen and oxygen atoms in total. The fourth-order valence-corrected chi connectivity index (χ4v) is 5.01. The lowest BCUT2D eigenvalue weighted by atomic mass is 10.0. The molecule has 0 bridgehead atoms. The fraction of sp³-hybridized carbons (Fsp3) is 0.765. The van der Waals surface area contributed by atoms with Crippen molar-refractivity contribution in [2.45, 2.75) is 57.7 Å². The normalized spacial score (nSPS) is 27.3. The molecule has 3 rings (SSSR count). The van der Waals surface area contributed by atoms with Crippen LogP contribution in [0, 0.1) is 6.92 Å². The van der Waals surface area contributed by atoms with Crippen LogP contribution in [-0.4, -0.2) is 48.1 Å². The second-order valence-corrected chi connectivity index (χ2v) is 7.97. The van der Waals surface area contributed by atoms with E-state index in [1.165, 1.54) is 55.2 Å². The van der Waals surface area contributed by atoms with Gasteiger partial charge in [-0.15, -0.1) is 11.3 Å². The molecule has 2 aliphatic heterocycles. The van der Waals surface area contributed by atoms with Gasteiger partial charge in [-0.1, -0.05) is 6.92 Å². The molecule has 3 heterocycles. The Hall–Kier alpha value is -0.420. The van der Waals surface area contributed by atoms with Gasteiger partial charge in [0.15, 0.2) is 0 Å². The maximum atomic E-state index is 6.49. The third-order valence-corrected chi connectivity index (χ3v) is 6.25. The van der Waals surface area contributed by atoms with Gasteiger partial charge in [-0.25, -0.2) is 0 Å². The van der Waals surface area contributed by atoms with Crippen molar-refractivity contribution in [3.05, 3.63) is 21.9 Å². The first-order chi connectivity index (χ1) is 10.2. The summed E-state index contributed by atoms with van der Waals surface area (Å²) in [6.45, 7) is 9.43. The van der Waals surface area contributed by atoms with E-state index in [4.69, 9.17) is 5.73 Å². The molecule has 118 valence electrons. The number of nitrogens with zero attached hydrogens (tertiary/aromatic N) is 2. The van der Waals surface area contributed by atoms with E-state index in [0.29, 0.717) is 6.04 Å². The van der Waals surface area contributed by atoms with Gasteiger partial charge in [-0.05, 0) is 57.8 Å². The SMILES string of the molecule is CCC(N)C(c1ccc(C)s1)N1CCC(N2CCCC2)C1. The standard InChI is InChI=1S/C17H29N3S/c1-3-15(18)17(16-7-6-13(2)21-16)20-11-8-14(12-20)19-9-4-5-10-19/h6-7,14-15,17H,3-5,8-12,18H2,1-2H3. The lowest BCUT2D eigenvalue weighted by Gasteiger charge is -2.32. The van der Waals surface area contributed by atoms with Gasteiger partial charge in [0.05, 0.1) is 6.04 Å². The van der Waals surface area contributed by atoms with Crippen LogP contribution in [0.2, 0.25) is 0 Å². The Labute approximate surface area is 133 Å². The molecule has 4 heteroatoms. The number of rotatable bonds is 5. The van der Waals surface area contributed by atoms with E-state index < -0.39 is 0 Å². The van der Waals surface area contributed by atoms with Crippen LogP contribution in [0.4, 0.5) is 0 Å². The Morgan fingerprint density at radius 2 is 2.05 bits per heavy atom. The van der Waals surface area contributed by atoms with Crippen molar-refractivity contribution in [2.75, 3.05) is 26.2 Å². The van der Waals surface area contributed by atoms with Crippen molar-refractivity contribution in [3.8, 4) is 0 Å². The Morgan fingerprint density at radius 1 is 1.29 bits per heavy atom. The largest absolute Gasteiger partial charge is 0.326 e. The molecule has 3 atom stereocenters. The van der Waals surface area contributed by atoms with Crippen molar-refractivity contribution in [1.29, 1.82) is 0 Å². The van der Waals surface area contributed by atoms with Gasteiger partial charge in [-0.3, -0.25) is 9.80 Å². The van der Waals surface area contributed by atoms with Crippen molar-refractivity contribution in [1.82, 2.24) is 9.80 Å². The Morgan fingerprint density at radius 3 is 2.67 bits per heavy atom. The molecule has 1 aromatic rings. The third kappa shape index (κ3) is 3.34. The van der Waals surface area contributed by atoms with E-state index >= 15 is 0 Å². The fourth-order valence-electron chi connectivity index (χ4n) is 3.92. The average Bonchev–Trinajstić information content (AvgIpc) is 3.19. The van der Waals surface area contributed by atoms with E-state index in [9.17, 15) is 0 Å². The molecule has 3 unspecified atom stereocenters. The first-order valence-corrected chi connectivity index (χ1v) is 9.30. The Balaban J connectivity index is 1.72. The minimum atomic E-state index is 0.250. The lowest BCUT2D eigenvalue weighted by molar-refractivity contribution is 0.182. The van der Waals surface area contributed by atoms with Gasteiger partial charge in [0, 0.05) is 34.9 Å². The van der Waals surface area contributed by atoms with E-state index in [2.05, 4.69) is 35.8 Å². The van der Waals surface area contributed by atoms with E-state index in [1.54, 1.807) is 0 Å². The van der Waals surface area contributed by atoms with Gasteiger partial charge in [0.1, 0.15) is 0 Å². The molecule has 2 fully saturated rings. The van der Waals surface area contributed by atoms with Crippen molar-refractivity contribution in [2.24, 2.45) is 5.73 Å². The molecule has 0 aliphatic carbocycles. The zero-order valence-electron chi connectivity index (χ0n) is 13.4. The number of aryl methyl sites for hydroxylation is 1. The highest BCUT2D eigenvalue weighted by atomic mass is 32.1. The maximum Gasteiger partial charge on any atom is 0.0594 e. The van der Waals surface area contributed by atoms with Crippen molar-refractivity contribution >= 4 is 11.3 Å². The first-order valence-electron chi connectivity index (χ1n) is 8.49. The van der Waals surface area contributed by atoms with Gasteiger partial charge in [0.2, 0.25) is 0 Å². The van der Waals surface area contributed by atoms with E-state index in [0.717, 1.165) is 12.5 Å².